The second-order valence-electron chi connectivity index (χ2n) is 4.08. The van der Waals surface area contributed by atoms with Gasteiger partial charge in [-0.15, -0.1) is 0 Å². The number of methoxy groups -OCH3 is 1. The number of hydrogen-bond acceptors (Lipinski definition) is 3. The van der Waals surface area contributed by atoms with Crippen molar-refractivity contribution in [3.8, 4) is 11.5 Å². The molecule has 0 bridgehead atoms. The Kier molecular flexibility index (Phi) is 4.76. The van der Waals surface area contributed by atoms with Gasteiger partial charge in [-0.05, 0) is 17.7 Å². The number of nitrogens with one attached hydrogen (secondary N) is 1. The predicted molar refractivity (Wildman–Crippen MR) is 73.4 cm³/mol. The molecule has 2 aromatic rings. The van der Waals surface area contributed by atoms with Crippen LogP contribution in [-0.2, 0) is 6.54 Å². The summed E-state index contributed by atoms with van der Waals surface area (Å²) in [6.45, 7) is -2.35. The van der Waals surface area contributed by atoms with Gasteiger partial charge in [0.05, 0.1) is 12.8 Å². The van der Waals surface area contributed by atoms with E-state index in [1.54, 1.807) is 12.1 Å². The largest absolute Gasteiger partial charge is 0.497 e. The molecule has 0 unspecified atom stereocenters. The fraction of sp³-hybridized carbons (Fsp3) is 0.200. The van der Waals surface area contributed by atoms with Crippen molar-refractivity contribution in [1.29, 1.82) is 0 Å². The molecule has 0 saturated heterocycles. The molecule has 0 saturated carbocycles. The molecular weight excluding hydrogens is 264 g/mol. The predicted octanol–water partition coefficient (Wildman–Crippen LogP) is 3.91. The lowest BCUT2D eigenvalue weighted by atomic mass is 10.2. The minimum Gasteiger partial charge on any atom is -0.497 e. The van der Waals surface area contributed by atoms with Crippen molar-refractivity contribution in [3.63, 3.8) is 0 Å². The van der Waals surface area contributed by atoms with Gasteiger partial charge in [-0.1, -0.05) is 30.3 Å². The first-order chi connectivity index (χ1) is 9.69. The summed E-state index contributed by atoms with van der Waals surface area (Å²) in [6, 6.07) is 14.3. The van der Waals surface area contributed by atoms with E-state index in [2.05, 4.69) is 10.1 Å². The Balaban J connectivity index is 2.15. The maximum Gasteiger partial charge on any atom is 0.387 e. The summed E-state index contributed by atoms with van der Waals surface area (Å²) in [6.07, 6.45) is 0. The molecule has 0 atom stereocenters. The topological polar surface area (TPSA) is 30.5 Å². The quantitative estimate of drug-likeness (QED) is 0.869. The molecule has 0 fully saturated rings. The van der Waals surface area contributed by atoms with E-state index in [0.717, 1.165) is 5.56 Å². The van der Waals surface area contributed by atoms with E-state index in [0.29, 0.717) is 18.0 Å². The standard InChI is InChI=1S/C15H15F2NO2/c1-19-12-7-8-14(20-15(16)17)13(9-12)18-10-11-5-3-2-4-6-11/h2-9,15,18H,10H2,1H3. The van der Waals surface area contributed by atoms with Gasteiger partial charge in [0.25, 0.3) is 0 Å². The Morgan fingerprint density at radius 3 is 2.50 bits per heavy atom. The van der Waals surface area contributed by atoms with Crippen LogP contribution in [0.5, 0.6) is 11.5 Å². The van der Waals surface area contributed by atoms with Gasteiger partial charge in [0, 0.05) is 12.6 Å². The number of rotatable bonds is 6. The van der Waals surface area contributed by atoms with Gasteiger partial charge < -0.3 is 14.8 Å². The number of alkyl halides is 2. The second-order valence-corrected chi connectivity index (χ2v) is 4.08. The number of ether oxygens (including phenoxy) is 2. The molecule has 20 heavy (non-hydrogen) atoms. The maximum atomic E-state index is 12.4. The van der Waals surface area contributed by atoms with E-state index in [-0.39, 0.29) is 5.75 Å². The van der Waals surface area contributed by atoms with Crippen LogP contribution in [0.2, 0.25) is 0 Å². The zero-order chi connectivity index (χ0) is 14.4. The van der Waals surface area contributed by atoms with Crippen molar-refractivity contribution in [2.45, 2.75) is 13.2 Å². The van der Waals surface area contributed by atoms with Crippen molar-refractivity contribution >= 4 is 5.69 Å². The minimum absolute atomic E-state index is 0.0942. The molecule has 2 rings (SSSR count). The summed E-state index contributed by atoms with van der Waals surface area (Å²) in [5.74, 6) is 0.666. The molecule has 0 aliphatic carbocycles. The molecule has 0 aliphatic rings. The highest BCUT2D eigenvalue weighted by Crippen LogP contribution is 2.30. The first-order valence-corrected chi connectivity index (χ1v) is 6.09. The van der Waals surface area contributed by atoms with Crippen molar-refractivity contribution in [2.75, 3.05) is 12.4 Å². The van der Waals surface area contributed by atoms with Crippen LogP contribution in [0.3, 0.4) is 0 Å². The van der Waals surface area contributed by atoms with Crippen LogP contribution in [0.15, 0.2) is 48.5 Å². The Morgan fingerprint density at radius 1 is 1.10 bits per heavy atom. The molecule has 106 valence electrons. The molecule has 0 radical (unpaired) electrons. The lowest BCUT2D eigenvalue weighted by molar-refractivity contribution is -0.0493. The Labute approximate surface area is 116 Å². The third kappa shape index (κ3) is 3.85. The summed E-state index contributed by atoms with van der Waals surface area (Å²) in [7, 11) is 1.52. The molecule has 0 heterocycles. The first kappa shape index (κ1) is 14.1. The van der Waals surface area contributed by atoms with Crippen LogP contribution in [0, 0.1) is 0 Å². The second kappa shape index (κ2) is 6.75. The normalized spacial score (nSPS) is 10.4. The Bertz CT molecular complexity index is 547. The van der Waals surface area contributed by atoms with E-state index in [4.69, 9.17) is 4.74 Å². The van der Waals surface area contributed by atoms with Gasteiger partial charge in [-0.25, -0.2) is 0 Å². The van der Waals surface area contributed by atoms with Gasteiger partial charge in [-0.2, -0.15) is 8.78 Å². The zero-order valence-electron chi connectivity index (χ0n) is 11.0. The van der Waals surface area contributed by atoms with Crippen LogP contribution in [0.25, 0.3) is 0 Å². The van der Waals surface area contributed by atoms with Gasteiger partial charge in [0.2, 0.25) is 0 Å². The highest BCUT2D eigenvalue weighted by molar-refractivity contribution is 5.60. The third-order valence-corrected chi connectivity index (χ3v) is 2.73. The Hall–Kier alpha value is -2.30. The lowest BCUT2D eigenvalue weighted by Crippen LogP contribution is -2.06. The van der Waals surface area contributed by atoms with E-state index >= 15 is 0 Å². The fourth-order valence-electron chi connectivity index (χ4n) is 1.77. The lowest BCUT2D eigenvalue weighted by Gasteiger charge is -2.14. The molecule has 5 heteroatoms. The van der Waals surface area contributed by atoms with Crippen LogP contribution in [0.4, 0.5) is 14.5 Å². The fourth-order valence-corrected chi connectivity index (χ4v) is 1.77. The van der Waals surface area contributed by atoms with E-state index in [1.165, 1.54) is 13.2 Å². The highest BCUT2D eigenvalue weighted by Gasteiger charge is 2.10. The maximum absolute atomic E-state index is 12.4. The van der Waals surface area contributed by atoms with E-state index in [9.17, 15) is 8.78 Å². The van der Waals surface area contributed by atoms with E-state index < -0.39 is 6.61 Å². The smallest absolute Gasteiger partial charge is 0.387 e. The SMILES string of the molecule is COc1ccc(OC(F)F)c(NCc2ccccc2)c1. The van der Waals surface area contributed by atoms with Crippen molar-refractivity contribution < 1.29 is 18.3 Å². The number of hydrogen-bond donors (Lipinski definition) is 1. The first-order valence-electron chi connectivity index (χ1n) is 6.09. The number of halogens is 2. The van der Waals surface area contributed by atoms with Crippen LogP contribution < -0.4 is 14.8 Å². The molecule has 1 N–H and O–H groups in total. The van der Waals surface area contributed by atoms with Gasteiger partial charge in [0.1, 0.15) is 11.5 Å². The molecular formula is C15H15F2NO2. The highest BCUT2D eigenvalue weighted by atomic mass is 19.3. The molecule has 2 aromatic carbocycles. The van der Waals surface area contributed by atoms with Gasteiger partial charge in [0.15, 0.2) is 0 Å². The summed E-state index contributed by atoms with van der Waals surface area (Å²) in [5, 5.41) is 3.07. The minimum atomic E-state index is -2.86. The molecule has 0 aliphatic heterocycles. The van der Waals surface area contributed by atoms with Crippen molar-refractivity contribution in [3.05, 3.63) is 54.1 Å². The third-order valence-electron chi connectivity index (χ3n) is 2.73. The van der Waals surface area contributed by atoms with E-state index in [1.807, 2.05) is 30.3 Å². The monoisotopic (exact) mass is 279 g/mol. The average Bonchev–Trinajstić information content (AvgIpc) is 2.47. The Morgan fingerprint density at radius 2 is 1.85 bits per heavy atom. The molecule has 0 spiro atoms. The summed E-state index contributed by atoms with van der Waals surface area (Å²) >= 11 is 0. The van der Waals surface area contributed by atoms with Crippen molar-refractivity contribution in [1.82, 2.24) is 0 Å². The summed E-state index contributed by atoms with van der Waals surface area (Å²) in [4.78, 5) is 0. The van der Waals surface area contributed by atoms with Gasteiger partial charge in [-0.3, -0.25) is 0 Å². The van der Waals surface area contributed by atoms with Crippen molar-refractivity contribution in [2.24, 2.45) is 0 Å². The van der Waals surface area contributed by atoms with Gasteiger partial charge >= 0.3 is 6.61 Å². The molecule has 0 amide bonds. The summed E-state index contributed by atoms with van der Waals surface area (Å²) < 4.78 is 34.3. The number of anilines is 1. The van der Waals surface area contributed by atoms with Crippen LogP contribution in [-0.4, -0.2) is 13.7 Å². The zero-order valence-corrected chi connectivity index (χ0v) is 11.0. The molecule has 0 aromatic heterocycles. The van der Waals surface area contributed by atoms with Crippen LogP contribution in [0.1, 0.15) is 5.56 Å². The average molecular weight is 279 g/mol. The molecule has 3 nitrogen and oxygen atoms in total. The summed E-state index contributed by atoms with van der Waals surface area (Å²) in [5.41, 5.74) is 1.51. The van der Waals surface area contributed by atoms with Crippen LogP contribution >= 0.6 is 0 Å². The number of benzene rings is 2.